The van der Waals surface area contributed by atoms with E-state index < -0.39 is 5.60 Å². The minimum atomic E-state index is -0.408. The smallest absolute Gasteiger partial charge is 0.120 e. The Morgan fingerprint density at radius 2 is 2.11 bits per heavy atom. The molecule has 3 heteroatoms. The van der Waals surface area contributed by atoms with Crippen molar-refractivity contribution in [1.82, 2.24) is 0 Å². The monoisotopic (exact) mass is 245 g/mol. The first-order chi connectivity index (χ1) is 8.83. The summed E-state index contributed by atoms with van der Waals surface area (Å²) < 4.78 is 5.88. The fraction of sp³-hybridized carbons (Fsp3) is 0.533. The molecule has 2 aliphatic carbocycles. The number of nitrogens with zero attached hydrogens (tertiary/aromatic N) is 1. The predicted octanol–water partition coefficient (Wildman–Crippen LogP) is 3.31. The zero-order valence-electron chi connectivity index (χ0n) is 10.7. The summed E-state index contributed by atoms with van der Waals surface area (Å²) in [6.45, 7) is 0. The summed E-state index contributed by atoms with van der Waals surface area (Å²) in [5, 5.41) is 13.0. The van der Waals surface area contributed by atoms with E-state index >= 15 is 0 Å². The molecule has 0 heterocycles. The van der Waals surface area contributed by atoms with Crippen molar-refractivity contribution in [2.45, 2.75) is 43.6 Å². The molecule has 3 rings (SSSR count). The van der Waals surface area contributed by atoms with Gasteiger partial charge < -0.3 is 9.94 Å². The van der Waals surface area contributed by atoms with E-state index in [1.807, 2.05) is 12.1 Å². The van der Waals surface area contributed by atoms with Crippen LogP contribution in [0.15, 0.2) is 29.4 Å². The van der Waals surface area contributed by atoms with E-state index in [0.717, 1.165) is 30.5 Å². The van der Waals surface area contributed by atoms with Gasteiger partial charge in [-0.15, -0.1) is 0 Å². The SMILES string of the molecule is CO[C@]12CCCCC[C@@H]1c1ccccc1/C2=N/O. The molecule has 0 radical (unpaired) electrons. The Hall–Kier alpha value is -1.35. The first-order valence-electron chi connectivity index (χ1n) is 6.70. The summed E-state index contributed by atoms with van der Waals surface area (Å²) >= 11 is 0. The van der Waals surface area contributed by atoms with Gasteiger partial charge >= 0.3 is 0 Å². The molecule has 0 bridgehead atoms. The molecular weight excluding hydrogens is 226 g/mol. The van der Waals surface area contributed by atoms with Gasteiger partial charge in [-0.1, -0.05) is 48.7 Å². The van der Waals surface area contributed by atoms with E-state index in [0.29, 0.717) is 5.92 Å². The third-order valence-corrected chi connectivity index (χ3v) is 4.56. The van der Waals surface area contributed by atoms with E-state index in [1.54, 1.807) is 7.11 Å². The summed E-state index contributed by atoms with van der Waals surface area (Å²) in [5.74, 6) is 0.340. The number of hydrogen-bond donors (Lipinski definition) is 1. The zero-order chi connectivity index (χ0) is 12.6. The Bertz CT molecular complexity index is 483. The molecule has 0 saturated heterocycles. The molecule has 1 aromatic carbocycles. The van der Waals surface area contributed by atoms with Crippen LogP contribution < -0.4 is 0 Å². The van der Waals surface area contributed by atoms with E-state index in [4.69, 9.17) is 4.74 Å². The van der Waals surface area contributed by atoms with Crippen molar-refractivity contribution in [3.63, 3.8) is 0 Å². The summed E-state index contributed by atoms with van der Waals surface area (Å²) in [4.78, 5) is 0. The van der Waals surface area contributed by atoms with Gasteiger partial charge in [0, 0.05) is 18.6 Å². The van der Waals surface area contributed by atoms with E-state index in [2.05, 4.69) is 17.3 Å². The summed E-state index contributed by atoms with van der Waals surface area (Å²) in [5.41, 5.74) is 2.67. The molecule has 0 amide bonds. The van der Waals surface area contributed by atoms with Crippen LogP contribution in [0.4, 0.5) is 0 Å². The van der Waals surface area contributed by atoms with Gasteiger partial charge in [-0.2, -0.15) is 0 Å². The molecule has 2 atom stereocenters. The molecule has 0 aliphatic heterocycles. The largest absolute Gasteiger partial charge is 0.411 e. The Labute approximate surface area is 107 Å². The maximum absolute atomic E-state index is 9.45. The highest BCUT2D eigenvalue weighted by Gasteiger charge is 2.52. The van der Waals surface area contributed by atoms with E-state index in [1.165, 1.54) is 18.4 Å². The average molecular weight is 245 g/mol. The van der Waals surface area contributed by atoms with Crippen LogP contribution in [0.3, 0.4) is 0 Å². The number of methoxy groups -OCH3 is 1. The van der Waals surface area contributed by atoms with Gasteiger partial charge in [0.15, 0.2) is 0 Å². The predicted molar refractivity (Wildman–Crippen MR) is 70.3 cm³/mol. The van der Waals surface area contributed by atoms with Crippen molar-refractivity contribution in [2.24, 2.45) is 5.16 Å². The van der Waals surface area contributed by atoms with Gasteiger partial charge in [0.05, 0.1) is 0 Å². The van der Waals surface area contributed by atoms with Crippen molar-refractivity contribution >= 4 is 5.71 Å². The lowest BCUT2D eigenvalue weighted by molar-refractivity contribution is 0.0235. The molecular formula is C15H19NO2. The lowest BCUT2D eigenvalue weighted by atomic mass is 9.83. The first-order valence-corrected chi connectivity index (χ1v) is 6.70. The number of hydrogen-bond acceptors (Lipinski definition) is 3. The Kier molecular flexibility index (Phi) is 2.86. The van der Waals surface area contributed by atoms with Gasteiger partial charge in [0.1, 0.15) is 11.3 Å². The fourth-order valence-electron chi connectivity index (χ4n) is 3.73. The van der Waals surface area contributed by atoms with Crippen LogP contribution in [0, 0.1) is 0 Å². The van der Waals surface area contributed by atoms with Gasteiger partial charge in [0.2, 0.25) is 0 Å². The zero-order valence-corrected chi connectivity index (χ0v) is 10.7. The van der Waals surface area contributed by atoms with Crippen molar-refractivity contribution in [2.75, 3.05) is 7.11 Å². The maximum Gasteiger partial charge on any atom is 0.120 e. The molecule has 1 aromatic rings. The topological polar surface area (TPSA) is 41.8 Å². The highest BCUT2D eigenvalue weighted by atomic mass is 16.5. The average Bonchev–Trinajstić information content (AvgIpc) is 2.54. The number of benzene rings is 1. The summed E-state index contributed by atoms with van der Waals surface area (Å²) in [7, 11) is 1.75. The third-order valence-electron chi connectivity index (χ3n) is 4.56. The molecule has 1 fully saturated rings. The molecule has 96 valence electrons. The van der Waals surface area contributed by atoms with Crippen LogP contribution in [0.5, 0.6) is 0 Å². The van der Waals surface area contributed by atoms with Crippen LogP contribution in [-0.2, 0) is 4.74 Å². The lowest BCUT2D eigenvalue weighted by Crippen LogP contribution is -2.41. The standard InChI is InChI=1S/C15H19NO2/c1-18-15-10-6-2-3-9-13(15)11-7-4-5-8-12(11)14(15)16-17/h4-5,7-8,13,17H,2-3,6,9-10H2,1H3/b16-14-/t13-,15-/m1/s1. The molecule has 0 spiro atoms. The quantitative estimate of drug-likeness (QED) is 0.609. The number of ether oxygens (including phenoxy) is 1. The molecule has 0 unspecified atom stereocenters. The van der Waals surface area contributed by atoms with Crippen LogP contribution in [-0.4, -0.2) is 23.6 Å². The first kappa shape index (κ1) is 11.7. The molecule has 3 nitrogen and oxygen atoms in total. The van der Waals surface area contributed by atoms with Gasteiger partial charge in [-0.05, 0) is 18.4 Å². The van der Waals surface area contributed by atoms with Crippen molar-refractivity contribution < 1.29 is 9.94 Å². The minimum absolute atomic E-state index is 0.340. The molecule has 18 heavy (non-hydrogen) atoms. The van der Waals surface area contributed by atoms with E-state index in [-0.39, 0.29) is 0 Å². The highest BCUT2D eigenvalue weighted by Crippen LogP contribution is 2.50. The fourth-order valence-corrected chi connectivity index (χ4v) is 3.73. The summed E-state index contributed by atoms with van der Waals surface area (Å²) in [6.07, 6.45) is 5.66. The highest BCUT2D eigenvalue weighted by molar-refractivity contribution is 6.11. The Morgan fingerprint density at radius 1 is 1.28 bits per heavy atom. The number of rotatable bonds is 1. The Balaban J connectivity index is 2.19. The number of fused-ring (bicyclic) bond motifs is 3. The lowest BCUT2D eigenvalue weighted by Gasteiger charge is -2.33. The van der Waals surface area contributed by atoms with Crippen molar-refractivity contribution in [3.8, 4) is 0 Å². The van der Waals surface area contributed by atoms with Crippen LogP contribution in [0.2, 0.25) is 0 Å². The van der Waals surface area contributed by atoms with Crippen LogP contribution >= 0.6 is 0 Å². The van der Waals surface area contributed by atoms with E-state index in [9.17, 15) is 5.21 Å². The second-order valence-electron chi connectivity index (χ2n) is 5.28. The van der Waals surface area contributed by atoms with Crippen LogP contribution in [0.1, 0.15) is 49.1 Å². The summed E-state index contributed by atoms with van der Waals surface area (Å²) in [6, 6.07) is 8.25. The van der Waals surface area contributed by atoms with Gasteiger partial charge in [0.25, 0.3) is 0 Å². The molecule has 1 saturated carbocycles. The van der Waals surface area contributed by atoms with Gasteiger partial charge in [-0.25, -0.2) is 0 Å². The van der Waals surface area contributed by atoms with Gasteiger partial charge in [-0.3, -0.25) is 0 Å². The second kappa shape index (κ2) is 4.39. The van der Waals surface area contributed by atoms with Crippen LogP contribution in [0.25, 0.3) is 0 Å². The van der Waals surface area contributed by atoms with Crippen molar-refractivity contribution in [3.05, 3.63) is 35.4 Å². The number of oxime groups is 1. The normalized spacial score (nSPS) is 32.9. The molecule has 0 aromatic heterocycles. The Morgan fingerprint density at radius 3 is 2.89 bits per heavy atom. The minimum Gasteiger partial charge on any atom is -0.411 e. The second-order valence-corrected chi connectivity index (χ2v) is 5.28. The van der Waals surface area contributed by atoms with Crippen molar-refractivity contribution in [1.29, 1.82) is 0 Å². The molecule has 2 aliphatic rings. The maximum atomic E-state index is 9.45. The third kappa shape index (κ3) is 1.43. The molecule has 1 N–H and O–H groups in total.